The molecular formula is C14H22NiO+2. The summed E-state index contributed by atoms with van der Waals surface area (Å²) in [5.74, 6) is 0.409. The molecule has 1 N–H and O–H groups in total. The Morgan fingerprint density at radius 3 is 1.94 bits per heavy atom. The molecule has 92 valence electrons. The zero-order valence-electron chi connectivity index (χ0n) is 10.8. The molecule has 0 aliphatic rings. The van der Waals surface area contributed by atoms with Crippen molar-refractivity contribution in [3.8, 4) is 5.75 Å². The zero-order chi connectivity index (χ0) is 11.7. The van der Waals surface area contributed by atoms with Crippen molar-refractivity contribution < 1.29 is 21.6 Å². The molecule has 1 aromatic carbocycles. The van der Waals surface area contributed by atoms with Crippen LogP contribution in [0.1, 0.15) is 46.6 Å². The zero-order valence-corrected chi connectivity index (χ0v) is 11.8. The van der Waals surface area contributed by atoms with Gasteiger partial charge < -0.3 is 5.11 Å². The summed E-state index contributed by atoms with van der Waals surface area (Å²) in [6.07, 6.45) is 1.05. The van der Waals surface area contributed by atoms with Crippen LogP contribution < -0.4 is 0 Å². The molecule has 0 bridgehead atoms. The molecule has 0 saturated heterocycles. The van der Waals surface area contributed by atoms with Gasteiger partial charge in [-0.05, 0) is 28.9 Å². The Morgan fingerprint density at radius 1 is 1.00 bits per heavy atom. The summed E-state index contributed by atoms with van der Waals surface area (Å²) in [5.41, 5.74) is 1.33. The van der Waals surface area contributed by atoms with Crippen LogP contribution in [0, 0.1) is 5.41 Å². The smallest absolute Gasteiger partial charge is 0.508 e. The summed E-state index contributed by atoms with van der Waals surface area (Å²) < 4.78 is 0. The van der Waals surface area contributed by atoms with Crippen molar-refractivity contribution in [3.63, 3.8) is 0 Å². The number of rotatable bonds is 2. The number of phenols is 1. The van der Waals surface area contributed by atoms with Crippen molar-refractivity contribution >= 4 is 0 Å². The van der Waals surface area contributed by atoms with E-state index in [1.165, 1.54) is 0 Å². The van der Waals surface area contributed by atoms with E-state index in [-0.39, 0.29) is 27.3 Å². The van der Waals surface area contributed by atoms with Crippen molar-refractivity contribution in [1.29, 1.82) is 0 Å². The molecule has 0 heterocycles. The van der Waals surface area contributed by atoms with E-state index < -0.39 is 0 Å². The second kappa shape index (κ2) is 5.23. The topological polar surface area (TPSA) is 20.2 Å². The monoisotopic (exact) mass is 264 g/mol. The van der Waals surface area contributed by atoms with Crippen LogP contribution in [0.3, 0.4) is 0 Å². The molecule has 0 aliphatic heterocycles. The number of aromatic hydroxyl groups is 1. The summed E-state index contributed by atoms with van der Waals surface area (Å²) >= 11 is 0. The van der Waals surface area contributed by atoms with Gasteiger partial charge in [-0.2, -0.15) is 0 Å². The van der Waals surface area contributed by atoms with E-state index in [1.807, 2.05) is 18.2 Å². The normalized spacial score (nSPS) is 12.1. The van der Waals surface area contributed by atoms with Gasteiger partial charge in [0, 0.05) is 0 Å². The van der Waals surface area contributed by atoms with Gasteiger partial charge in [0.15, 0.2) is 0 Å². The summed E-state index contributed by atoms with van der Waals surface area (Å²) in [5, 5.41) is 9.84. The van der Waals surface area contributed by atoms with Crippen LogP contribution >= 0.6 is 0 Å². The molecule has 0 saturated carbocycles. The first-order chi connectivity index (χ1) is 6.72. The van der Waals surface area contributed by atoms with E-state index >= 15 is 0 Å². The Bertz CT molecular complexity index is 337. The van der Waals surface area contributed by atoms with Crippen LogP contribution in [0.25, 0.3) is 0 Å². The van der Waals surface area contributed by atoms with Gasteiger partial charge in [0.1, 0.15) is 5.75 Å². The Hall–Kier alpha value is -0.486. The predicted molar refractivity (Wildman–Crippen MR) is 65.2 cm³/mol. The maximum atomic E-state index is 9.84. The molecule has 1 aromatic rings. The van der Waals surface area contributed by atoms with Crippen LogP contribution in [-0.2, 0) is 21.9 Å². The minimum absolute atomic E-state index is 0. The first-order valence-corrected chi connectivity index (χ1v) is 5.51. The Morgan fingerprint density at radius 2 is 1.50 bits per heavy atom. The summed E-state index contributed by atoms with van der Waals surface area (Å²) in [7, 11) is 0. The van der Waals surface area contributed by atoms with E-state index in [0.29, 0.717) is 5.75 Å². The standard InChI is InChI=1S/C14H22O.Ni/c1-13(2,3)10-14(4,5)11-8-6-7-9-12(11)15;/h6-9,15H,10H2,1-5H3;/q;+2. The van der Waals surface area contributed by atoms with Gasteiger partial charge in [0.05, 0.1) is 0 Å². The Kier molecular flexibility index (Phi) is 5.07. The number of phenolic OH excluding ortho intramolecular Hbond substituents is 1. The average Bonchev–Trinajstić information content (AvgIpc) is 1.99. The molecule has 1 nitrogen and oxygen atoms in total. The molecule has 0 unspecified atom stereocenters. The van der Waals surface area contributed by atoms with E-state index in [1.54, 1.807) is 6.07 Å². The second-order valence-corrected chi connectivity index (χ2v) is 6.14. The van der Waals surface area contributed by atoms with Gasteiger partial charge in [-0.1, -0.05) is 52.8 Å². The van der Waals surface area contributed by atoms with Crippen molar-refractivity contribution in [2.75, 3.05) is 0 Å². The van der Waals surface area contributed by atoms with Crippen molar-refractivity contribution in [2.45, 2.75) is 46.5 Å². The van der Waals surface area contributed by atoms with E-state index in [4.69, 9.17) is 0 Å². The molecule has 0 spiro atoms. The molecule has 0 radical (unpaired) electrons. The third kappa shape index (κ3) is 4.17. The van der Waals surface area contributed by atoms with E-state index in [2.05, 4.69) is 34.6 Å². The summed E-state index contributed by atoms with van der Waals surface area (Å²) in [4.78, 5) is 0. The van der Waals surface area contributed by atoms with Gasteiger partial charge in [0.25, 0.3) is 0 Å². The molecule has 0 fully saturated rings. The molecule has 0 aliphatic carbocycles. The third-order valence-corrected chi connectivity index (χ3v) is 2.61. The van der Waals surface area contributed by atoms with Crippen molar-refractivity contribution in [3.05, 3.63) is 29.8 Å². The van der Waals surface area contributed by atoms with E-state index in [9.17, 15) is 5.11 Å². The first-order valence-electron chi connectivity index (χ1n) is 5.51. The van der Waals surface area contributed by atoms with Crippen LogP contribution in [-0.4, -0.2) is 5.11 Å². The number of hydrogen-bond donors (Lipinski definition) is 1. The van der Waals surface area contributed by atoms with Crippen LogP contribution in [0.5, 0.6) is 5.75 Å². The molecule has 0 atom stereocenters. The summed E-state index contributed by atoms with van der Waals surface area (Å²) in [6.45, 7) is 11.1. The maximum absolute atomic E-state index is 9.84. The maximum Gasteiger partial charge on any atom is 2.00 e. The van der Waals surface area contributed by atoms with Gasteiger partial charge in [-0.25, -0.2) is 0 Å². The quantitative estimate of drug-likeness (QED) is 0.798. The number of hydrogen-bond acceptors (Lipinski definition) is 1. The third-order valence-electron chi connectivity index (χ3n) is 2.61. The fraction of sp³-hybridized carbons (Fsp3) is 0.571. The molecule has 1 rings (SSSR count). The number of para-hydroxylation sites is 1. The minimum atomic E-state index is 0. The Balaban J connectivity index is 0.00000225. The molecule has 0 amide bonds. The van der Waals surface area contributed by atoms with Crippen LogP contribution in [0.2, 0.25) is 0 Å². The van der Waals surface area contributed by atoms with Crippen LogP contribution in [0.4, 0.5) is 0 Å². The van der Waals surface area contributed by atoms with Gasteiger partial charge >= 0.3 is 16.5 Å². The fourth-order valence-electron chi connectivity index (χ4n) is 2.47. The largest absolute Gasteiger partial charge is 2.00 e. The van der Waals surface area contributed by atoms with E-state index in [0.717, 1.165) is 12.0 Å². The average molecular weight is 265 g/mol. The second-order valence-electron chi connectivity index (χ2n) is 6.14. The van der Waals surface area contributed by atoms with Gasteiger partial charge in [-0.3, -0.25) is 0 Å². The molecule has 16 heavy (non-hydrogen) atoms. The molecular weight excluding hydrogens is 243 g/mol. The Labute approximate surface area is 109 Å². The molecule has 0 aromatic heterocycles. The number of benzene rings is 1. The minimum Gasteiger partial charge on any atom is -0.508 e. The predicted octanol–water partition coefficient (Wildman–Crippen LogP) is 4.10. The molecule has 2 heteroatoms. The summed E-state index contributed by atoms with van der Waals surface area (Å²) in [6, 6.07) is 7.63. The fourth-order valence-corrected chi connectivity index (χ4v) is 2.47. The van der Waals surface area contributed by atoms with Crippen molar-refractivity contribution in [2.24, 2.45) is 5.41 Å². The van der Waals surface area contributed by atoms with Gasteiger partial charge in [0.2, 0.25) is 0 Å². The SMILES string of the molecule is CC(C)(C)CC(C)(C)c1ccccc1O.[Ni+2]. The van der Waals surface area contributed by atoms with Crippen molar-refractivity contribution in [1.82, 2.24) is 0 Å². The van der Waals surface area contributed by atoms with Crippen LogP contribution in [0.15, 0.2) is 24.3 Å². The van der Waals surface area contributed by atoms with Gasteiger partial charge in [-0.15, -0.1) is 0 Å². The first kappa shape index (κ1) is 15.5.